The fraction of sp³-hybridized carbons (Fsp3) is 0.381. The van der Waals surface area contributed by atoms with Crippen molar-refractivity contribution in [2.75, 3.05) is 62.7 Å². The summed E-state index contributed by atoms with van der Waals surface area (Å²) < 4.78 is 32.3. The molecule has 0 bridgehead atoms. The van der Waals surface area contributed by atoms with E-state index < -0.39 is 14.9 Å². The van der Waals surface area contributed by atoms with E-state index in [0.717, 1.165) is 5.69 Å². The number of benzene rings is 2. The van der Waals surface area contributed by atoms with Crippen LogP contribution in [0.1, 0.15) is 0 Å². The van der Waals surface area contributed by atoms with E-state index in [1.807, 2.05) is 0 Å². The Morgan fingerprint density at radius 3 is 2.27 bits per heavy atom. The van der Waals surface area contributed by atoms with Crippen LogP contribution in [0.25, 0.3) is 0 Å². The van der Waals surface area contributed by atoms with Crippen LogP contribution in [0, 0.1) is 10.1 Å². The fourth-order valence-corrected chi connectivity index (χ4v) is 5.28. The summed E-state index contributed by atoms with van der Waals surface area (Å²) in [4.78, 5) is 27.0. The molecule has 0 spiro atoms. The number of sulfonamides is 1. The van der Waals surface area contributed by atoms with Crippen LogP contribution in [0.5, 0.6) is 0 Å². The third-order valence-electron chi connectivity index (χ3n) is 5.69. The number of ether oxygens (including phenoxy) is 1. The highest BCUT2D eigenvalue weighted by Crippen LogP contribution is 2.23. The maximum Gasteiger partial charge on any atom is 0.321 e. The zero-order valence-corrected chi connectivity index (χ0v) is 18.7. The lowest BCUT2D eigenvalue weighted by Gasteiger charge is -2.36. The summed E-state index contributed by atoms with van der Waals surface area (Å²) in [6.45, 7) is 3.43. The molecule has 11 nitrogen and oxygen atoms in total. The summed E-state index contributed by atoms with van der Waals surface area (Å²) in [5.41, 5.74) is 1.31. The molecule has 1 N–H and O–H groups in total. The third kappa shape index (κ3) is 5.24. The molecule has 0 radical (unpaired) electrons. The summed E-state index contributed by atoms with van der Waals surface area (Å²) in [6.07, 6.45) is 0. The van der Waals surface area contributed by atoms with Crippen LogP contribution in [0.2, 0.25) is 0 Å². The Hall–Kier alpha value is -3.22. The molecule has 2 aliphatic heterocycles. The Bertz CT molecular complexity index is 1110. The van der Waals surface area contributed by atoms with Gasteiger partial charge in [-0.05, 0) is 30.3 Å². The zero-order valence-electron chi connectivity index (χ0n) is 17.9. The molecule has 0 saturated carbocycles. The van der Waals surface area contributed by atoms with Crippen molar-refractivity contribution in [1.82, 2.24) is 9.21 Å². The molecular formula is C21H25N5O6S. The molecule has 0 aromatic heterocycles. The van der Waals surface area contributed by atoms with Gasteiger partial charge in [0.1, 0.15) is 0 Å². The highest BCUT2D eigenvalue weighted by molar-refractivity contribution is 7.89. The number of amides is 2. The SMILES string of the molecule is O=C(Nc1cccc(S(=O)(=O)N2CCOCC2)c1)N1CCN(c2ccc([N+](=O)[O-])cc2)CC1. The lowest BCUT2D eigenvalue weighted by Crippen LogP contribution is -2.50. The van der Waals surface area contributed by atoms with Crippen LogP contribution in [0.3, 0.4) is 0 Å². The topological polar surface area (TPSA) is 125 Å². The molecule has 2 heterocycles. The van der Waals surface area contributed by atoms with Gasteiger partial charge in [-0.1, -0.05) is 6.07 Å². The number of nitro groups is 1. The molecule has 2 aliphatic rings. The van der Waals surface area contributed by atoms with Crippen LogP contribution in [0.15, 0.2) is 53.4 Å². The van der Waals surface area contributed by atoms with Gasteiger partial charge in [-0.25, -0.2) is 13.2 Å². The summed E-state index contributed by atoms with van der Waals surface area (Å²) >= 11 is 0. The number of carbonyl (C=O) groups excluding carboxylic acids is 1. The number of urea groups is 1. The van der Waals surface area contributed by atoms with Gasteiger partial charge in [0.25, 0.3) is 5.69 Å². The Labute approximate surface area is 191 Å². The molecule has 0 aliphatic carbocycles. The Kier molecular flexibility index (Phi) is 6.77. The number of nitrogens with zero attached hydrogens (tertiary/aromatic N) is 4. The van der Waals surface area contributed by atoms with Crippen molar-refractivity contribution in [3.8, 4) is 0 Å². The Balaban J connectivity index is 1.35. The van der Waals surface area contributed by atoms with Crippen molar-refractivity contribution >= 4 is 33.1 Å². The number of hydrogen-bond acceptors (Lipinski definition) is 7. The lowest BCUT2D eigenvalue weighted by molar-refractivity contribution is -0.384. The van der Waals surface area contributed by atoms with Gasteiger partial charge in [-0.2, -0.15) is 4.31 Å². The lowest BCUT2D eigenvalue weighted by atomic mass is 10.2. The smallest absolute Gasteiger partial charge is 0.321 e. The van der Waals surface area contributed by atoms with Crippen molar-refractivity contribution in [1.29, 1.82) is 0 Å². The minimum absolute atomic E-state index is 0.0367. The van der Waals surface area contributed by atoms with Gasteiger partial charge in [0, 0.05) is 62.8 Å². The molecule has 12 heteroatoms. The molecule has 0 atom stereocenters. The van der Waals surface area contributed by atoms with Gasteiger partial charge >= 0.3 is 6.03 Å². The summed E-state index contributed by atoms with van der Waals surface area (Å²) in [5, 5.41) is 13.6. The number of hydrogen-bond donors (Lipinski definition) is 1. The minimum Gasteiger partial charge on any atom is -0.379 e. The van der Waals surface area contributed by atoms with E-state index in [2.05, 4.69) is 10.2 Å². The fourth-order valence-electron chi connectivity index (χ4n) is 3.83. The largest absolute Gasteiger partial charge is 0.379 e. The number of nitrogens with one attached hydrogen (secondary N) is 1. The second-order valence-electron chi connectivity index (χ2n) is 7.72. The van der Waals surface area contributed by atoms with E-state index in [-0.39, 0.29) is 16.6 Å². The summed E-state index contributed by atoms with van der Waals surface area (Å²) in [6, 6.07) is 12.3. The van der Waals surface area contributed by atoms with E-state index >= 15 is 0 Å². The number of morpholine rings is 1. The molecular weight excluding hydrogens is 450 g/mol. The number of nitro benzene ring substituents is 1. The first-order chi connectivity index (χ1) is 15.8. The minimum atomic E-state index is -3.65. The number of carbonyl (C=O) groups is 1. The first-order valence-corrected chi connectivity index (χ1v) is 12.0. The average molecular weight is 476 g/mol. The van der Waals surface area contributed by atoms with E-state index in [4.69, 9.17) is 4.74 Å². The van der Waals surface area contributed by atoms with Crippen LogP contribution >= 0.6 is 0 Å². The first kappa shape index (κ1) is 23.0. The second kappa shape index (κ2) is 9.73. The van der Waals surface area contributed by atoms with Crippen molar-refractivity contribution in [2.45, 2.75) is 4.90 Å². The predicted octanol–water partition coefficient (Wildman–Crippen LogP) is 1.97. The predicted molar refractivity (Wildman–Crippen MR) is 122 cm³/mol. The molecule has 0 unspecified atom stereocenters. The maximum atomic E-state index is 12.9. The van der Waals surface area contributed by atoms with Crippen molar-refractivity contribution in [2.24, 2.45) is 0 Å². The highest BCUT2D eigenvalue weighted by atomic mass is 32.2. The summed E-state index contributed by atoms with van der Waals surface area (Å²) in [7, 11) is -3.65. The molecule has 4 rings (SSSR count). The van der Waals surface area contributed by atoms with Gasteiger partial charge in [0.15, 0.2) is 0 Å². The Morgan fingerprint density at radius 2 is 1.64 bits per heavy atom. The number of non-ortho nitro benzene ring substituents is 1. The van der Waals surface area contributed by atoms with Crippen LogP contribution in [-0.4, -0.2) is 81.1 Å². The Morgan fingerprint density at radius 1 is 0.970 bits per heavy atom. The molecule has 2 aromatic carbocycles. The van der Waals surface area contributed by atoms with E-state index in [1.54, 1.807) is 29.2 Å². The average Bonchev–Trinajstić information content (AvgIpc) is 2.85. The highest BCUT2D eigenvalue weighted by Gasteiger charge is 2.27. The summed E-state index contributed by atoms with van der Waals surface area (Å²) in [5.74, 6) is 0. The van der Waals surface area contributed by atoms with E-state index in [0.29, 0.717) is 58.2 Å². The molecule has 176 valence electrons. The van der Waals surface area contributed by atoms with E-state index in [1.165, 1.54) is 28.6 Å². The second-order valence-corrected chi connectivity index (χ2v) is 9.66. The number of anilines is 2. The number of rotatable bonds is 5. The monoisotopic (exact) mass is 475 g/mol. The van der Waals surface area contributed by atoms with Crippen LogP contribution in [0.4, 0.5) is 21.9 Å². The molecule has 2 saturated heterocycles. The van der Waals surface area contributed by atoms with Crippen molar-refractivity contribution < 1.29 is 22.9 Å². The third-order valence-corrected chi connectivity index (χ3v) is 7.58. The zero-order chi connectivity index (χ0) is 23.4. The molecule has 2 fully saturated rings. The number of piperazine rings is 1. The van der Waals surface area contributed by atoms with Gasteiger partial charge in [-0.3, -0.25) is 10.1 Å². The first-order valence-electron chi connectivity index (χ1n) is 10.6. The molecule has 2 aromatic rings. The van der Waals surface area contributed by atoms with Crippen LogP contribution in [-0.2, 0) is 14.8 Å². The molecule has 33 heavy (non-hydrogen) atoms. The van der Waals surface area contributed by atoms with Crippen LogP contribution < -0.4 is 10.2 Å². The maximum absolute atomic E-state index is 12.9. The van der Waals surface area contributed by atoms with E-state index in [9.17, 15) is 23.3 Å². The van der Waals surface area contributed by atoms with Gasteiger partial charge in [-0.15, -0.1) is 0 Å². The molecule has 2 amide bonds. The van der Waals surface area contributed by atoms with Crippen molar-refractivity contribution in [3.63, 3.8) is 0 Å². The standard InChI is InChI=1S/C21H25N5O6S/c27-21(24-10-8-23(9-11-24)18-4-6-19(7-5-18)26(28)29)22-17-2-1-3-20(16-17)33(30,31)25-12-14-32-15-13-25/h1-7,16H,8-15H2,(H,22,27). The van der Waals surface area contributed by atoms with Gasteiger partial charge in [0.2, 0.25) is 10.0 Å². The van der Waals surface area contributed by atoms with Crippen molar-refractivity contribution in [3.05, 3.63) is 58.6 Å². The van der Waals surface area contributed by atoms with Gasteiger partial charge in [0.05, 0.1) is 23.0 Å². The quantitative estimate of drug-likeness (QED) is 0.518. The normalized spacial score (nSPS) is 17.6. The van der Waals surface area contributed by atoms with Gasteiger partial charge < -0.3 is 19.9 Å².